The van der Waals surface area contributed by atoms with Crippen molar-refractivity contribution in [2.75, 3.05) is 5.32 Å². The van der Waals surface area contributed by atoms with Gasteiger partial charge in [-0.1, -0.05) is 18.2 Å². The van der Waals surface area contributed by atoms with Crippen LogP contribution in [0, 0.1) is 0 Å². The second kappa shape index (κ2) is 7.03. The number of amides is 1. The summed E-state index contributed by atoms with van der Waals surface area (Å²) in [7, 11) is 0. The number of esters is 1. The lowest BCUT2D eigenvalue weighted by molar-refractivity contribution is -0.137. The number of alkyl halides is 3. The van der Waals surface area contributed by atoms with Crippen LogP contribution in [-0.2, 0) is 11.0 Å². The van der Waals surface area contributed by atoms with Crippen molar-refractivity contribution in [2.45, 2.75) is 13.1 Å². The van der Waals surface area contributed by atoms with Gasteiger partial charge in [0.05, 0.1) is 11.3 Å². The van der Waals surface area contributed by atoms with Crippen LogP contribution in [0.3, 0.4) is 0 Å². The molecule has 0 aliphatic rings. The minimum absolute atomic E-state index is 0.00994. The smallest absolute Gasteiger partial charge is 0.418 e. The molecular weight excluding hydrogens is 327 g/mol. The molecule has 2 aromatic carbocycles. The molecule has 8 heteroatoms. The Labute approximate surface area is 135 Å². The third-order valence-corrected chi connectivity index (χ3v) is 2.75. The predicted molar refractivity (Wildman–Crippen MR) is 78.8 cm³/mol. The highest BCUT2D eigenvalue weighted by molar-refractivity contribution is 5.87. The number of anilines is 1. The molecule has 0 aromatic heterocycles. The summed E-state index contributed by atoms with van der Waals surface area (Å²) in [6, 6.07) is 10.1. The first-order chi connectivity index (χ1) is 11.3. The quantitative estimate of drug-likeness (QED) is 0.671. The maximum atomic E-state index is 12.9. The monoisotopic (exact) mass is 339 g/mol. The van der Waals surface area contributed by atoms with E-state index < -0.39 is 29.5 Å². The van der Waals surface area contributed by atoms with Gasteiger partial charge in [0.15, 0.2) is 0 Å². The average Bonchev–Trinajstić information content (AvgIpc) is 2.46. The summed E-state index contributed by atoms with van der Waals surface area (Å²) >= 11 is 0. The molecule has 0 aliphatic carbocycles. The van der Waals surface area contributed by atoms with Gasteiger partial charge in [-0.3, -0.25) is 10.1 Å². The maximum absolute atomic E-state index is 12.9. The number of rotatable bonds is 3. The summed E-state index contributed by atoms with van der Waals surface area (Å²) in [6.45, 7) is 1.20. The number of carbonyl (C=O) groups excluding carboxylic acids is 2. The van der Waals surface area contributed by atoms with Crippen LogP contribution in [0.4, 0.5) is 23.7 Å². The first kappa shape index (κ1) is 17.3. The fraction of sp³-hybridized carbons (Fsp3) is 0.125. The minimum atomic E-state index is -4.61. The molecule has 0 bridgehead atoms. The van der Waals surface area contributed by atoms with Crippen LogP contribution in [0.5, 0.6) is 11.5 Å². The van der Waals surface area contributed by atoms with Crippen LogP contribution in [-0.4, -0.2) is 12.1 Å². The molecule has 0 radical (unpaired) electrons. The molecule has 1 N–H and O–H groups in total. The first-order valence-corrected chi connectivity index (χ1v) is 6.69. The Morgan fingerprint density at radius 3 is 2.21 bits per heavy atom. The molecule has 0 saturated heterocycles. The number of carbonyl (C=O) groups is 2. The number of benzene rings is 2. The number of hydrogen-bond acceptors (Lipinski definition) is 4. The molecule has 0 aliphatic heterocycles. The normalized spacial score (nSPS) is 10.8. The van der Waals surface area contributed by atoms with Gasteiger partial charge in [0.1, 0.15) is 11.5 Å². The van der Waals surface area contributed by atoms with Crippen LogP contribution in [0.15, 0.2) is 48.5 Å². The number of nitrogens with one attached hydrogen (secondary N) is 1. The molecule has 126 valence electrons. The van der Waals surface area contributed by atoms with Gasteiger partial charge in [-0.15, -0.1) is 0 Å². The molecule has 0 unspecified atom stereocenters. The van der Waals surface area contributed by atoms with Crippen molar-refractivity contribution in [1.29, 1.82) is 0 Å². The van der Waals surface area contributed by atoms with E-state index in [0.29, 0.717) is 0 Å². The fourth-order valence-electron chi connectivity index (χ4n) is 1.85. The van der Waals surface area contributed by atoms with E-state index in [-0.39, 0.29) is 11.5 Å². The highest BCUT2D eigenvalue weighted by atomic mass is 19.4. The van der Waals surface area contributed by atoms with Crippen LogP contribution < -0.4 is 14.8 Å². The van der Waals surface area contributed by atoms with Crippen LogP contribution in [0.2, 0.25) is 0 Å². The van der Waals surface area contributed by atoms with Crippen molar-refractivity contribution in [3.8, 4) is 11.5 Å². The van der Waals surface area contributed by atoms with Crippen molar-refractivity contribution >= 4 is 17.7 Å². The third kappa shape index (κ3) is 4.73. The van der Waals surface area contributed by atoms with Gasteiger partial charge in [0.2, 0.25) is 0 Å². The summed E-state index contributed by atoms with van der Waals surface area (Å²) in [5, 5.41) is 2.04. The Morgan fingerprint density at radius 2 is 1.58 bits per heavy atom. The molecule has 0 atom stereocenters. The summed E-state index contributed by atoms with van der Waals surface area (Å²) in [5.74, 6) is -0.407. The maximum Gasteiger partial charge on any atom is 0.418 e. The molecule has 5 nitrogen and oxygen atoms in total. The van der Waals surface area contributed by atoms with Gasteiger partial charge < -0.3 is 9.47 Å². The molecule has 0 spiro atoms. The van der Waals surface area contributed by atoms with Gasteiger partial charge >= 0.3 is 18.2 Å². The van der Waals surface area contributed by atoms with Gasteiger partial charge in [-0.2, -0.15) is 13.2 Å². The molecular formula is C16H12F3NO4. The average molecular weight is 339 g/mol. The van der Waals surface area contributed by atoms with E-state index in [0.717, 1.165) is 12.1 Å². The molecule has 0 fully saturated rings. The Balaban J connectivity index is 2.11. The summed E-state index contributed by atoms with van der Waals surface area (Å²) < 4.78 is 48.3. The Kier molecular flexibility index (Phi) is 5.08. The molecule has 24 heavy (non-hydrogen) atoms. The molecule has 1 amide bonds. The molecule has 0 heterocycles. The molecule has 2 rings (SSSR count). The molecule has 2 aromatic rings. The largest absolute Gasteiger partial charge is 0.427 e. The van der Waals surface area contributed by atoms with E-state index in [9.17, 15) is 22.8 Å². The summed E-state index contributed by atoms with van der Waals surface area (Å²) in [5.41, 5.74) is -1.42. The second-order valence-electron chi connectivity index (χ2n) is 4.63. The number of para-hydroxylation sites is 1. The van der Waals surface area contributed by atoms with Crippen molar-refractivity contribution in [2.24, 2.45) is 0 Å². The zero-order valence-electron chi connectivity index (χ0n) is 12.4. The van der Waals surface area contributed by atoms with E-state index in [1.165, 1.54) is 43.3 Å². The van der Waals surface area contributed by atoms with E-state index in [1.807, 2.05) is 5.32 Å². The van der Waals surface area contributed by atoms with Crippen molar-refractivity contribution < 1.29 is 32.2 Å². The Bertz CT molecular complexity index is 759. The standard InChI is InChI=1S/C16H12F3NO4/c1-10(21)23-11-5-4-6-12(9-11)24-15(22)20-14-8-3-2-7-13(14)16(17,18)19/h2-9H,1H3,(H,20,22). The minimum Gasteiger partial charge on any atom is -0.427 e. The highest BCUT2D eigenvalue weighted by Gasteiger charge is 2.33. The lowest BCUT2D eigenvalue weighted by Gasteiger charge is -2.13. The number of ether oxygens (including phenoxy) is 2. The SMILES string of the molecule is CC(=O)Oc1cccc(OC(=O)Nc2ccccc2C(F)(F)F)c1. The Morgan fingerprint density at radius 1 is 0.958 bits per heavy atom. The highest BCUT2D eigenvalue weighted by Crippen LogP contribution is 2.34. The zero-order chi connectivity index (χ0) is 17.7. The van der Waals surface area contributed by atoms with Crippen molar-refractivity contribution in [3.05, 3.63) is 54.1 Å². The van der Waals surface area contributed by atoms with Crippen molar-refractivity contribution in [3.63, 3.8) is 0 Å². The second-order valence-corrected chi connectivity index (χ2v) is 4.63. The fourth-order valence-corrected chi connectivity index (χ4v) is 1.85. The van der Waals surface area contributed by atoms with Crippen molar-refractivity contribution in [1.82, 2.24) is 0 Å². The van der Waals surface area contributed by atoms with Crippen LogP contribution in [0.25, 0.3) is 0 Å². The zero-order valence-corrected chi connectivity index (χ0v) is 12.4. The van der Waals surface area contributed by atoms with Crippen LogP contribution >= 0.6 is 0 Å². The lowest BCUT2D eigenvalue weighted by atomic mass is 10.2. The van der Waals surface area contributed by atoms with Crippen LogP contribution in [0.1, 0.15) is 12.5 Å². The van der Waals surface area contributed by atoms with Gasteiger partial charge in [0, 0.05) is 13.0 Å². The Hall–Kier alpha value is -3.03. The van der Waals surface area contributed by atoms with E-state index >= 15 is 0 Å². The van der Waals surface area contributed by atoms with E-state index in [4.69, 9.17) is 9.47 Å². The number of halogens is 3. The van der Waals surface area contributed by atoms with E-state index in [1.54, 1.807) is 0 Å². The lowest BCUT2D eigenvalue weighted by Crippen LogP contribution is -2.19. The third-order valence-electron chi connectivity index (χ3n) is 2.75. The first-order valence-electron chi connectivity index (χ1n) is 6.69. The van der Waals surface area contributed by atoms with Gasteiger partial charge in [0.25, 0.3) is 0 Å². The summed E-state index contributed by atoms with van der Waals surface area (Å²) in [4.78, 5) is 22.7. The number of hydrogen-bond donors (Lipinski definition) is 1. The topological polar surface area (TPSA) is 64.6 Å². The van der Waals surface area contributed by atoms with Gasteiger partial charge in [-0.25, -0.2) is 4.79 Å². The van der Waals surface area contributed by atoms with E-state index in [2.05, 4.69) is 0 Å². The molecule has 0 saturated carbocycles. The summed E-state index contributed by atoms with van der Waals surface area (Å²) in [6.07, 6.45) is -5.72. The van der Waals surface area contributed by atoms with Gasteiger partial charge in [-0.05, 0) is 24.3 Å². The predicted octanol–water partition coefficient (Wildman–Crippen LogP) is 4.24.